The van der Waals surface area contributed by atoms with E-state index in [9.17, 15) is 24.2 Å². The molecule has 0 fully saturated rings. The smallest absolute Gasteiger partial charge is 0.462 e. The number of allylic oxidation sites excluding steroid dienone is 18. The Balaban J connectivity index is 4.46. The van der Waals surface area contributed by atoms with Crippen molar-refractivity contribution in [1.29, 1.82) is 0 Å². The lowest BCUT2D eigenvalue weighted by atomic mass is 10.1. The summed E-state index contributed by atoms with van der Waals surface area (Å²) >= 11 is 0. The van der Waals surface area contributed by atoms with E-state index in [-0.39, 0.29) is 19.4 Å². The van der Waals surface area contributed by atoms with Gasteiger partial charge in [-0.25, -0.2) is 4.57 Å². The van der Waals surface area contributed by atoms with Gasteiger partial charge in [0.15, 0.2) is 6.10 Å². The van der Waals surface area contributed by atoms with Gasteiger partial charge < -0.3 is 24.6 Å². The van der Waals surface area contributed by atoms with E-state index in [0.717, 1.165) is 70.6 Å². The molecule has 0 radical (unpaired) electrons. The number of rotatable bonds is 35. The van der Waals surface area contributed by atoms with E-state index in [4.69, 9.17) is 19.1 Å². The number of hydrogen-bond donors (Lipinski definition) is 3. The topological polar surface area (TPSA) is 149 Å². The molecule has 0 saturated carbocycles. The Morgan fingerprint density at radius 1 is 0.564 bits per heavy atom. The summed E-state index contributed by atoms with van der Waals surface area (Å²) in [7, 11) is -4.65. The first-order valence-electron chi connectivity index (χ1n) is 19.9. The molecule has 2 unspecified atom stereocenters. The molecule has 0 rings (SSSR count). The Hall–Kier alpha value is -3.37. The van der Waals surface area contributed by atoms with E-state index < -0.39 is 51.8 Å². The SMILES string of the molecule is CC/C=C/C=C/C=C/C=C/C=C/CCCC(=O)OC(COC(=O)CCCCCCCC/C=C/C/C=C/C/C=C/C/C=C/CC)COP(=O)(O)OC[C@H](O)CO. The third kappa shape index (κ3) is 38.7. The van der Waals surface area contributed by atoms with Gasteiger partial charge in [-0.1, -0.05) is 149 Å². The molecule has 3 N–H and O–H groups in total. The van der Waals surface area contributed by atoms with Crippen LogP contribution in [0, 0.1) is 0 Å². The third-order valence-electron chi connectivity index (χ3n) is 7.55. The summed E-state index contributed by atoms with van der Waals surface area (Å²) in [4.78, 5) is 34.9. The summed E-state index contributed by atoms with van der Waals surface area (Å²) < 4.78 is 32.5. The summed E-state index contributed by atoms with van der Waals surface area (Å²) in [5.41, 5.74) is 0. The molecule has 0 heterocycles. The molecule has 0 aromatic rings. The van der Waals surface area contributed by atoms with Crippen molar-refractivity contribution in [2.45, 2.75) is 129 Å². The van der Waals surface area contributed by atoms with Gasteiger partial charge in [-0.3, -0.25) is 18.6 Å². The minimum absolute atomic E-state index is 0.0773. The fourth-order valence-corrected chi connectivity index (χ4v) is 5.33. The molecule has 3 atom stereocenters. The molecular weight excluding hydrogens is 719 g/mol. The van der Waals surface area contributed by atoms with Crippen LogP contribution < -0.4 is 0 Å². The molecule has 55 heavy (non-hydrogen) atoms. The van der Waals surface area contributed by atoms with Gasteiger partial charge in [-0.2, -0.15) is 0 Å². The lowest BCUT2D eigenvalue weighted by molar-refractivity contribution is -0.161. The van der Waals surface area contributed by atoms with Crippen molar-refractivity contribution >= 4 is 19.8 Å². The van der Waals surface area contributed by atoms with Crippen molar-refractivity contribution in [3.05, 3.63) is 109 Å². The van der Waals surface area contributed by atoms with E-state index in [0.29, 0.717) is 19.3 Å². The zero-order valence-electron chi connectivity index (χ0n) is 33.3. The number of unbranched alkanes of at least 4 members (excludes halogenated alkanes) is 7. The van der Waals surface area contributed by atoms with Gasteiger partial charge in [0.05, 0.1) is 19.8 Å². The van der Waals surface area contributed by atoms with Gasteiger partial charge in [0.1, 0.15) is 12.7 Å². The molecule has 0 aliphatic rings. The maximum Gasteiger partial charge on any atom is 0.472 e. The van der Waals surface area contributed by atoms with Crippen molar-refractivity contribution in [1.82, 2.24) is 0 Å². The minimum Gasteiger partial charge on any atom is -0.462 e. The molecule has 0 aliphatic heterocycles. The second kappa shape index (κ2) is 38.9. The van der Waals surface area contributed by atoms with Crippen LogP contribution in [0.5, 0.6) is 0 Å². The number of hydrogen-bond acceptors (Lipinski definition) is 9. The number of aliphatic hydroxyl groups excluding tert-OH is 2. The van der Waals surface area contributed by atoms with Gasteiger partial charge in [-0.15, -0.1) is 0 Å². The fraction of sp³-hybridized carbons (Fsp3) is 0.545. The molecule has 0 aromatic heterocycles. The van der Waals surface area contributed by atoms with Crippen molar-refractivity contribution in [3.63, 3.8) is 0 Å². The molecule has 10 nitrogen and oxygen atoms in total. The van der Waals surface area contributed by atoms with E-state index in [1.165, 1.54) is 0 Å². The highest BCUT2D eigenvalue weighted by atomic mass is 31.2. The van der Waals surface area contributed by atoms with Gasteiger partial charge in [-0.05, 0) is 64.2 Å². The fourth-order valence-electron chi connectivity index (χ4n) is 4.54. The molecule has 0 saturated heterocycles. The van der Waals surface area contributed by atoms with E-state index in [1.807, 2.05) is 54.7 Å². The predicted molar refractivity (Wildman–Crippen MR) is 223 cm³/mol. The molecular formula is C44H69O10P. The highest BCUT2D eigenvalue weighted by Crippen LogP contribution is 2.43. The van der Waals surface area contributed by atoms with Crippen LogP contribution in [0.15, 0.2) is 109 Å². The summed E-state index contributed by atoms with van der Waals surface area (Å²) in [5.74, 6) is -1.04. The number of carbonyl (C=O) groups excluding carboxylic acids is 2. The monoisotopic (exact) mass is 788 g/mol. The van der Waals surface area contributed by atoms with Crippen LogP contribution in [0.4, 0.5) is 0 Å². The number of phosphoric ester groups is 1. The first-order chi connectivity index (χ1) is 26.7. The highest BCUT2D eigenvalue weighted by molar-refractivity contribution is 7.47. The van der Waals surface area contributed by atoms with Crippen LogP contribution in [-0.4, -0.2) is 65.7 Å². The molecule has 310 valence electrons. The molecule has 0 spiro atoms. The first-order valence-corrected chi connectivity index (χ1v) is 21.4. The van der Waals surface area contributed by atoms with Gasteiger partial charge in [0.2, 0.25) is 0 Å². The van der Waals surface area contributed by atoms with Gasteiger partial charge in [0, 0.05) is 12.8 Å². The van der Waals surface area contributed by atoms with Crippen molar-refractivity contribution in [3.8, 4) is 0 Å². The lowest BCUT2D eigenvalue weighted by Gasteiger charge is -2.20. The number of aliphatic hydroxyl groups is 2. The first kappa shape index (κ1) is 51.6. The number of phosphoric acid groups is 1. The highest BCUT2D eigenvalue weighted by Gasteiger charge is 2.27. The van der Waals surface area contributed by atoms with Crippen molar-refractivity contribution in [2.75, 3.05) is 26.4 Å². The number of esters is 2. The van der Waals surface area contributed by atoms with Crippen LogP contribution >= 0.6 is 7.82 Å². The Kier molecular flexibility index (Phi) is 36.5. The minimum atomic E-state index is -4.65. The summed E-state index contributed by atoms with van der Waals surface area (Å²) in [6, 6.07) is 0. The average Bonchev–Trinajstić information content (AvgIpc) is 3.17. The van der Waals surface area contributed by atoms with E-state index >= 15 is 0 Å². The van der Waals surface area contributed by atoms with E-state index in [2.05, 4.69) is 73.1 Å². The lowest BCUT2D eigenvalue weighted by Crippen LogP contribution is -2.29. The quantitative estimate of drug-likeness (QED) is 0.0186. The van der Waals surface area contributed by atoms with Crippen LogP contribution in [0.3, 0.4) is 0 Å². The average molecular weight is 789 g/mol. The maximum atomic E-state index is 12.5. The predicted octanol–water partition coefficient (Wildman–Crippen LogP) is 10.2. The second-order valence-electron chi connectivity index (χ2n) is 12.7. The number of carbonyl (C=O) groups is 2. The molecule has 11 heteroatoms. The van der Waals surface area contributed by atoms with Crippen LogP contribution in [0.2, 0.25) is 0 Å². The largest absolute Gasteiger partial charge is 0.472 e. The summed E-state index contributed by atoms with van der Waals surface area (Å²) in [6.45, 7) is 1.98. The van der Waals surface area contributed by atoms with Crippen LogP contribution in [0.1, 0.15) is 117 Å². The molecule has 0 aliphatic carbocycles. The zero-order chi connectivity index (χ0) is 40.5. The Labute approximate surface area is 331 Å². The van der Waals surface area contributed by atoms with E-state index in [1.54, 1.807) is 0 Å². The summed E-state index contributed by atoms with van der Waals surface area (Å²) in [5, 5.41) is 18.3. The second-order valence-corrected chi connectivity index (χ2v) is 14.1. The Morgan fingerprint density at radius 2 is 1.05 bits per heavy atom. The van der Waals surface area contributed by atoms with Crippen molar-refractivity contribution in [2.24, 2.45) is 0 Å². The molecule has 0 bridgehead atoms. The zero-order valence-corrected chi connectivity index (χ0v) is 34.2. The third-order valence-corrected chi connectivity index (χ3v) is 8.50. The van der Waals surface area contributed by atoms with Crippen LogP contribution in [0.25, 0.3) is 0 Å². The van der Waals surface area contributed by atoms with Gasteiger partial charge >= 0.3 is 19.8 Å². The molecule has 0 aromatic carbocycles. The standard InChI is InChI=1S/C44H69O10P/c1-3-5-7-9-11-13-15-17-18-19-20-21-22-24-25-27-29-31-33-35-43(47)51-39-42(40-53-55(49,50)52-38-41(46)37-45)54-44(48)36-34-32-30-28-26-23-16-14-12-10-8-6-4-2/h5-8,10-14,16-18,20-21,23,26,28,30,41-42,45-46H,3-4,9,15,19,22,24-25,27,29,31-40H2,1-2H3,(H,49,50)/b7-5+,8-6+,12-10+,13-11+,16-14+,18-17+,21-20+,26-23+,30-28+/t41-,42?/m1/s1. The Morgan fingerprint density at radius 3 is 1.67 bits per heavy atom. The molecule has 0 amide bonds. The van der Waals surface area contributed by atoms with Gasteiger partial charge in [0.25, 0.3) is 0 Å². The normalized spacial score (nSPS) is 15.1. The van der Waals surface area contributed by atoms with Crippen LogP contribution in [-0.2, 0) is 32.7 Å². The maximum absolute atomic E-state index is 12.5. The van der Waals surface area contributed by atoms with Crippen molar-refractivity contribution < 1.29 is 47.8 Å². The Bertz CT molecular complexity index is 1270. The number of ether oxygens (including phenoxy) is 2. The summed E-state index contributed by atoms with van der Waals surface area (Å²) in [6.07, 6.45) is 47.8.